The smallest absolute Gasteiger partial charge is 0.278 e. The summed E-state index contributed by atoms with van der Waals surface area (Å²) in [6.07, 6.45) is 7.27. The molecule has 4 heterocycles. The number of para-hydroxylation sites is 1. The van der Waals surface area contributed by atoms with E-state index in [2.05, 4.69) is 4.98 Å². The number of aromatic nitrogens is 2. The molecule has 2 aliphatic heterocycles. The average molecular weight is 477 g/mol. The number of carbonyl (C=O) groups excluding carboxylic acids is 1. The second-order valence-corrected chi connectivity index (χ2v) is 8.56. The summed E-state index contributed by atoms with van der Waals surface area (Å²) < 4.78 is 22.5. The molecule has 0 spiro atoms. The fourth-order valence-corrected chi connectivity index (χ4v) is 4.75. The number of pyridine rings is 2. The standard InChI is InChI=1S/C26H25FN4O4/c1-3-17-8-6-14-35-25-18(9-4-10-19(25)27)22(21-16(2)7-5-12-28-21)31-15-29(17)26(34)23-24(33)20(32)11-13-30(23)31/h4-13,17,22,33H,3,14-15H2,1-2H3/b8-6+/t17-,22-/m1/s1. The fourth-order valence-electron chi connectivity index (χ4n) is 4.75. The quantitative estimate of drug-likeness (QED) is 0.572. The minimum Gasteiger partial charge on any atom is -0.502 e. The van der Waals surface area contributed by atoms with Gasteiger partial charge in [0.1, 0.15) is 19.3 Å². The zero-order valence-electron chi connectivity index (χ0n) is 19.4. The lowest BCUT2D eigenvalue weighted by atomic mass is 9.97. The summed E-state index contributed by atoms with van der Waals surface area (Å²) in [4.78, 5) is 32.1. The van der Waals surface area contributed by atoms with Gasteiger partial charge >= 0.3 is 0 Å². The predicted octanol–water partition coefficient (Wildman–Crippen LogP) is 3.26. The van der Waals surface area contributed by atoms with Crippen molar-refractivity contribution in [1.29, 1.82) is 0 Å². The Hall–Kier alpha value is -4.14. The number of aryl methyl sites for hydroxylation is 1. The summed E-state index contributed by atoms with van der Waals surface area (Å²) in [7, 11) is 0. The molecule has 2 aliphatic rings. The van der Waals surface area contributed by atoms with Crippen LogP contribution in [0.25, 0.3) is 0 Å². The Kier molecular flexibility index (Phi) is 5.76. The highest BCUT2D eigenvalue weighted by Crippen LogP contribution is 2.39. The molecule has 0 radical (unpaired) electrons. The topological polar surface area (TPSA) is 87.9 Å². The maximum atomic E-state index is 15.1. The molecule has 0 saturated heterocycles. The third-order valence-corrected chi connectivity index (χ3v) is 6.49. The lowest BCUT2D eigenvalue weighted by Gasteiger charge is -2.45. The van der Waals surface area contributed by atoms with Crippen molar-refractivity contribution in [2.75, 3.05) is 18.3 Å². The maximum Gasteiger partial charge on any atom is 0.278 e. The predicted molar refractivity (Wildman–Crippen MR) is 128 cm³/mol. The van der Waals surface area contributed by atoms with Gasteiger partial charge in [-0.25, -0.2) is 4.39 Å². The van der Waals surface area contributed by atoms with Crippen molar-refractivity contribution in [2.45, 2.75) is 32.4 Å². The molecule has 2 bridgehead atoms. The Morgan fingerprint density at radius 1 is 1.20 bits per heavy atom. The van der Waals surface area contributed by atoms with Gasteiger partial charge in [0.2, 0.25) is 5.43 Å². The van der Waals surface area contributed by atoms with Crippen LogP contribution in [0.5, 0.6) is 11.5 Å². The molecule has 0 saturated carbocycles. The number of rotatable bonds is 2. The van der Waals surface area contributed by atoms with Crippen LogP contribution in [0.1, 0.15) is 46.7 Å². The zero-order valence-corrected chi connectivity index (χ0v) is 19.4. The normalized spacial score (nSPS) is 20.4. The Labute approximate surface area is 201 Å². The number of halogens is 1. The number of hydrogen-bond acceptors (Lipinski definition) is 6. The van der Waals surface area contributed by atoms with Crippen LogP contribution >= 0.6 is 0 Å². The Bertz CT molecular complexity index is 1390. The first-order valence-electron chi connectivity index (χ1n) is 11.4. The van der Waals surface area contributed by atoms with E-state index in [1.54, 1.807) is 34.3 Å². The lowest BCUT2D eigenvalue weighted by Crippen LogP contribution is -2.58. The number of carbonyl (C=O) groups is 1. The number of fused-ring (bicyclic) bond motifs is 5. The number of hydrogen-bond donors (Lipinski definition) is 1. The van der Waals surface area contributed by atoms with Crippen molar-refractivity contribution in [2.24, 2.45) is 0 Å². The Morgan fingerprint density at radius 3 is 2.80 bits per heavy atom. The molecule has 180 valence electrons. The lowest BCUT2D eigenvalue weighted by molar-refractivity contribution is 0.0625. The second-order valence-electron chi connectivity index (χ2n) is 8.56. The summed E-state index contributed by atoms with van der Waals surface area (Å²) in [5.74, 6) is -1.54. The summed E-state index contributed by atoms with van der Waals surface area (Å²) >= 11 is 0. The Balaban J connectivity index is 1.86. The van der Waals surface area contributed by atoms with Crippen LogP contribution in [0.4, 0.5) is 4.39 Å². The number of ether oxygens (including phenoxy) is 1. The first-order chi connectivity index (χ1) is 16.9. The first-order valence-corrected chi connectivity index (χ1v) is 11.4. The second kappa shape index (κ2) is 8.90. The van der Waals surface area contributed by atoms with Gasteiger partial charge in [0.15, 0.2) is 23.0 Å². The van der Waals surface area contributed by atoms with E-state index in [0.717, 1.165) is 5.56 Å². The van der Waals surface area contributed by atoms with Crippen molar-refractivity contribution >= 4 is 5.91 Å². The van der Waals surface area contributed by atoms with Crippen LogP contribution in [0.15, 0.2) is 65.7 Å². The van der Waals surface area contributed by atoms with E-state index >= 15 is 4.39 Å². The number of benzene rings is 1. The summed E-state index contributed by atoms with van der Waals surface area (Å²) in [5.41, 5.74) is 1.19. The molecule has 2 aromatic heterocycles. The van der Waals surface area contributed by atoms with Crippen molar-refractivity contribution in [3.63, 3.8) is 0 Å². The molecule has 2 atom stereocenters. The fraction of sp³-hybridized carbons (Fsp3) is 0.269. The summed E-state index contributed by atoms with van der Waals surface area (Å²) in [6.45, 7) is 4.05. The van der Waals surface area contributed by atoms with Gasteiger partial charge in [0.25, 0.3) is 5.91 Å². The van der Waals surface area contributed by atoms with Crippen molar-refractivity contribution in [3.8, 4) is 11.5 Å². The van der Waals surface area contributed by atoms with Crippen LogP contribution < -0.4 is 15.2 Å². The highest BCUT2D eigenvalue weighted by molar-refractivity contribution is 5.96. The van der Waals surface area contributed by atoms with E-state index in [1.165, 1.54) is 23.0 Å². The Morgan fingerprint density at radius 2 is 2.03 bits per heavy atom. The van der Waals surface area contributed by atoms with Crippen LogP contribution in [-0.4, -0.2) is 44.9 Å². The first kappa shape index (κ1) is 22.6. The molecule has 35 heavy (non-hydrogen) atoms. The van der Waals surface area contributed by atoms with Gasteiger partial charge < -0.3 is 14.7 Å². The van der Waals surface area contributed by atoms with E-state index in [4.69, 9.17) is 4.74 Å². The molecule has 3 aromatic rings. The minimum absolute atomic E-state index is 0.0809. The SMILES string of the molecule is CC[C@@H]1/C=C/COc2c(F)cccc2[C@H](c2ncccc2C)N2CN1C(=O)c1c(O)c(=O)ccn12. The average Bonchev–Trinajstić information content (AvgIpc) is 2.87. The van der Waals surface area contributed by atoms with E-state index in [-0.39, 0.29) is 30.8 Å². The van der Waals surface area contributed by atoms with Crippen molar-refractivity contribution in [3.05, 3.63) is 99.5 Å². The van der Waals surface area contributed by atoms with Crippen LogP contribution in [0, 0.1) is 12.7 Å². The molecule has 1 amide bonds. The maximum absolute atomic E-state index is 15.1. The van der Waals surface area contributed by atoms with Crippen molar-refractivity contribution in [1.82, 2.24) is 14.6 Å². The molecule has 1 N–H and O–H groups in total. The van der Waals surface area contributed by atoms with Crippen LogP contribution in [-0.2, 0) is 0 Å². The molecular formula is C26H25FN4O4. The monoisotopic (exact) mass is 476 g/mol. The van der Waals surface area contributed by atoms with Crippen LogP contribution in [0.3, 0.4) is 0 Å². The van der Waals surface area contributed by atoms with E-state index in [0.29, 0.717) is 17.7 Å². The third-order valence-electron chi connectivity index (χ3n) is 6.49. The summed E-state index contributed by atoms with van der Waals surface area (Å²) in [5, 5.41) is 12.5. The van der Waals surface area contributed by atoms with Gasteiger partial charge in [-0.05, 0) is 37.1 Å². The molecule has 8 nitrogen and oxygen atoms in total. The summed E-state index contributed by atoms with van der Waals surface area (Å²) in [6, 6.07) is 8.58. The molecule has 0 fully saturated rings. The zero-order chi connectivity index (χ0) is 24.7. The number of nitrogens with zero attached hydrogens (tertiary/aromatic N) is 4. The van der Waals surface area contributed by atoms with Gasteiger partial charge in [0.05, 0.1) is 11.7 Å². The molecule has 5 rings (SSSR count). The largest absolute Gasteiger partial charge is 0.502 e. The van der Waals surface area contributed by atoms with E-state index in [9.17, 15) is 14.7 Å². The van der Waals surface area contributed by atoms with Gasteiger partial charge in [-0.2, -0.15) is 0 Å². The van der Waals surface area contributed by atoms with Gasteiger partial charge in [-0.15, -0.1) is 0 Å². The van der Waals surface area contributed by atoms with Crippen LogP contribution in [0.2, 0.25) is 0 Å². The minimum atomic E-state index is -0.700. The van der Waals surface area contributed by atoms with Gasteiger partial charge in [-0.3, -0.25) is 24.3 Å². The third kappa shape index (κ3) is 3.73. The van der Waals surface area contributed by atoms with Crippen molar-refractivity contribution < 1.29 is 19.0 Å². The van der Waals surface area contributed by atoms with E-state index in [1.807, 2.05) is 32.1 Å². The molecule has 0 aliphatic carbocycles. The molecule has 9 heteroatoms. The van der Waals surface area contributed by atoms with Gasteiger partial charge in [-0.1, -0.05) is 31.2 Å². The van der Waals surface area contributed by atoms with Gasteiger partial charge in [0, 0.05) is 24.0 Å². The highest BCUT2D eigenvalue weighted by atomic mass is 19.1. The molecule has 0 unspecified atom stereocenters. The molecular weight excluding hydrogens is 451 g/mol. The highest BCUT2D eigenvalue weighted by Gasteiger charge is 2.40. The number of amides is 1. The van der Waals surface area contributed by atoms with E-state index < -0.39 is 28.9 Å². The molecule has 1 aromatic carbocycles. The number of aromatic hydroxyl groups is 1.